The van der Waals surface area contributed by atoms with Crippen LogP contribution in [0.25, 0.3) is 0 Å². The molecule has 0 aromatic heterocycles. The lowest BCUT2D eigenvalue weighted by molar-refractivity contribution is -0.112. The van der Waals surface area contributed by atoms with E-state index in [1.807, 2.05) is 13.0 Å². The fourth-order valence-electron chi connectivity index (χ4n) is 1.75. The quantitative estimate of drug-likeness (QED) is 0.620. The van der Waals surface area contributed by atoms with Gasteiger partial charge in [-0.15, -0.1) is 0 Å². The first-order valence-electron chi connectivity index (χ1n) is 6.69. The second kappa shape index (κ2) is 7.68. The third-order valence-corrected chi connectivity index (χ3v) is 3.64. The second-order valence-corrected chi connectivity index (χ2v) is 5.59. The van der Waals surface area contributed by atoms with Gasteiger partial charge in [0.25, 0.3) is 5.91 Å². The molecule has 2 aromatic rings. The van der Waals surface area contributed by atoms with Crippen molar-refractivity contribution in [1.82, 2.24) is 0 Å². The minimum atomic E-state index is -0.526. The van der Waals surface area contributed by atoms with Crippen LogP contribution in [0.4, 0.5) is 11.4 Å². The van der Waals surface area contributed by atoms with Crippen molar-refractivity contribution in [2.24, 2.45) is 0 Å². The number of hydrogen-bond acceptors (Lipinski definition) is 3. The van der Waals surface area contributed by atoms with Gasteiger partial charge in [-0.3, -0.25) is 4.79 Å². The summed E-state index contributed by atoms with van der Waals surface area (Å²) in [5, 5.41) is 15.7. The first kappa shape index (κ1) is 16.9. The molecular weight excluding hydrogens is 333 g/mol. The molecule has 0 aliphatic rings. The number of benzene rings is 2. The zero-order valence-electron chi connectivity index (χ0n) is 12.2. The summed E-state index contributed by atoms with van der Waals surface area (Å²) in [7, 11) is 0. The minimum absolute atomic E-state index is 0.0679. The highest BCUT2D eigenvalue weighted by Crippen LogP contribution is 2.20. The number of anilines is 2. The molecule has 0 saturated heterocycles. The van der Waals surface area contributed by atoms with Gasteiger partial charge in [-0.25, -0.2) is 0 Å². The van der Waals surface area contributed by atoms with Crippen molar-refractivity contribution in [3.05, 3.63) is 69.8 Å². The van der Waals surface area contributed by atoms with E-state index in [0.717, 1.165) is 5.56 Å². The van der Waals surface area contributed by atoms with Gasteiger partial charge in [-0.05, 0) is 42.8 Å². The van der Waals surface area contributed by atoms with Crippen LogP contribution in [0.2, 0.25) is 10.0 Å². The molecule has 116 valence electrons. The topological polar surface area (TPSA) is 64.9 Å². The Balaban J connectivity index is 2.10. The molecule has 4 nitrogen and oxygen atoms in total. The highest BCUT2D eigenvalue weighted by Gasteiger charge is 2.10. The predicted molar refractivity (Wildman–Crippen MR) is 93.6 cm³/mol. The molecule has 1 amide bonds. The molecular formula is C17H13Cl2N3O. The van der Waals surface area contributed by atoms with Crippen LogP contribution < -0.4 is 10.6 Å². The molecule has 0 aliphatic carbocycles. The number of nitrogens with zero attached hydrogens (tertiary/aromatic N) is 1. The number of aryl methyl sites for hydroxylation is 1. The van der Waals surface area contributed by atoms with Crippen molar-refractivity contribution in [2.45, 2.75) is 6.92 Å². The van der Waals surface area contributed by atoms with Crippen LogP contribution in [0.5, 0.6) is 0 Å². The summed E-state index contributed by atoms with van der Waals surface area (Å²) in [6.07, 6.45) is 1.33. The van der Waals surface area contributed by atoms with Crippen LogP contribution in [-0.4, -0.2) is 5.91 Å². The molecule has 23 heavy (non-hydrogen) atoms. The van der Waals surface area contributed by atoms with Gasteiger partial charge in [0.05, 0.1) is 0 Å². The highest BCUT2D eigenvalue weighted by atomic mass is 35.5. The summed E-state index contributed by atoms with van der Waals surface area (Å²) in [5.74, 6) is -0.526. The molecule has 0 bridgehead atoms. The van der Waals surface area contributed by atoms with Crippen LogP contribution in [0.3, 0.4) is 0 Å². The lowest BCUT2D eigenvalue weighted by Gasteiger charge is -2.07. The lowest BCUT2D eigenvalue weighted by atomic mass is 10.2. The van der Waals surface area contributed by atoms with E-state index in [9.17, 15) is 4.79 Å². The molecule has 0 spiro atoms. The van der Waals surface area contributed by atoms with E-state index >= 15 is 0 Å². The predicted octanol–water partition coefficient (Wildman–Crippen LogP) is 4.76. The van der Waals surface area contributed by atoms with Gasteiger partial charge in [-0.1, -0.05) is 35.3 Å². The Bertz CT molecular complexity index is 810. The average molecular weight is 346 g/mol. The average Bonchev–Trinajstić information content (AvgIpc) is 2.51. The summed E-state index contributed by atoms with van der Waals surface area (Å²) < 4.78 is 0. The first-order valence-corrected chi connectivity index (χ1v) is 7.45. The SMILES string of the molecule is Cc1ccc(NC(=O)/C(C#N)=C\Nc2cccc(Cl)c2)cc1Cl. The summed E-state index contributed by atoms with van der Waals surface area (Å²) in [6.45, 7) is 1.86. The van der Waals surface area contributed by atoms with Crippen molar-refractivity contribution in [3.63, 3.8) is 0 Å². The zero-order valence-corrected chi connectivity index (χ0v) is 13.7. The van der Waals surface area contributed by atoms with Crippen LogP contribution >= 0.6 is 23.2 Å². The second-order valence-electron chi connectivity index (χ2n) is 4.74. The van der Waals surface area contributed by atoms with E-state index in [1.165, 1.54) is 6.20 Å². The Morgan fingerprint density at radius 1 is 1.17 bits per heavy atom. The minimum Gasteiger partial charge on any atom is -0.360 e. The van der Waals surface area contributed by atoms with Gasteiger partial charge >= 0.3 is 0 Å². The van der Waals surface area contributed by atoms with Gasteiger partial charge in [-0.2, -0.15) is 5.26 Å². The Morgan fingerprint density at radius 2 is 1.96 bits per heavy atom. The lowest BCUT2D eigenvalue weighted by Crippen LogP contribution is -2.14. The monoisotopic (exact) mass is 345 g/mol. The maximum Gasteiger partial charge on any atom is 0.267 e. The van der Waals surface area contributed by atoms with Crippen LogP contribution in [0, 0.1) is 18.3 Å². The number of carbonyl (C=O) groups is 1. The highest BCUT2D eigenvalue weighted by molar-refractivity contribution is 6.31. The van der Waals surface area contributed by atoms with E-state index < -0.39 is 5.91 Å². The molecule has 2 aromatic carbocycles. The number of hydrogen-bond donors (Lipinski definition) is 2. The number of halogens is 2. The van der Waals surface area contributed by atoms with Crippen molar-refractivity contribution in [3.8, 4) is 6.07 Å². The Labute approximate surface area is 144 Å². The molecule has 0 radical (unpaired) electrons. The molecule has 0 atom stereocenters. The smallest absolute Gasteiger partial charge is 0.267 e. The Hall–Kier alpha value is -2.48. The number of nitrogens with one attached hydrogen (secondary N) is 2. The molecule has 6 heteroatoms. The van der Waals surface area contributed by atoms with Crippen molar-refractivity contribution in [1.29, 1.82) is 5.26 Å². The van der Waals surface area contributed by atoms with Crippen LogP contribution in [0.15, 0.2) is 54.2 Å². The van der Waals surface area contributed by atoms with Crippen molar-refractivity contribution in [2.75, 3.05) is 10.6 Å². The molecule has 0 saturated carbocycles. The largest absolute Gasteiger partial charge is 0.360 e. The van der Waals surface area contributed by atoms with Crippen LogP contribution in [0.1, 0.15) is 5.56 Å². The third kappa shape index (κ3) is 4.75. The zero-order chi connectivity index (χ0) is 16.8. The molecule has 2 N–H and O–H groups in total. The normalized spacial score (nSPS) is 10.8. The van der Waals surface area contributed by atoms with Crippen molar-refractivity contribution >= 4 is 40.5 Å². The van der Waals surface area contributed by atoms with E-state index in [-0.39, 0.29) is 5.57 Å². The van der Waals surface area contributed by atoms with E-state index in [2.05, 4.69) is 10.6 Å². The number of rotatable bonds is 4. The van der Waals surface area contributed by atoms with Gasteiger partial charge < -0.3 is 10.6 Å². The fraction of sp³-hybridized carbons (Fsp3) is 0.0588. The number of nitriles is 1. The van der Waals surface area contributed by atoms with Gasteiger partial charge in [0.1, 0.15) is 11.6 Å². The maximum absolute atomic E-state index is 12.1. The van der Waals surface area contributed by atoms with E-state index in [4.69, 9.17) is 28.5 Å². The molecule has 0 unspecified atom stereocenters. The molecule has 0 aliphatic heterocycles. The molecule has 2 rings (SSSR count). The number of amides is 1. The third-order valence-electron chi connectivity index (χ3n) is 3.00. The summed E-state index contributed by atoms with van der Waals surface area (Å²) >= 11 is 11.9. The van der Waals surface area contributed by atoms with E-state index in [1.54, 1.807) is 42.5 Å². The van der Waals surface area contributed by atoms with Gasteiger partial charge in [0.15, 0.2) is 0 Å². The number of carbonyl (C=O) groups excluding carboxylic acids is 1. The van der Waals surface area contributed by atoms with Crippen LogP contribution in [-0.2, 0) is 4.79 Å². The summed E-state index contributed by atoms with van der Waals surface area (Å²) in [4.78, 5) is 12.1. The Morgan fingerprint density at radius 3 is 2.61 bits per heavy atom. The van der Waals surface area contributed by atoms with Crippen molar-refractivity contribution < 1.29 is 4.79 Å². The fourth-order valence-corrected chi connectivity index (χ4v) is 2.12. The summed E-state index contributed by atoms with van der Waals surface area (Å²) in [5.41, 5.74) is 2.04. The summed E-state index contributed by atoms with van der Waals surface area (Å²) in [6, 6.07) is 13.9. The Kier molecular flexibility index (Phi) is 5.64. The van der Waals surface area contributed by atoms with E-state index in [0.29, 0.717) is 21.4 Å². The maximum atomic E-state index is 12.1. The molecule has 0 heterocycles. The standard InChI is InChI=1S/C17H13Cl2N3O/c1-11-5-6-15(8-16(11)19)22-17(23)12(9-20)10-21-14-4-2-3-13(18)7-14/h2-8,10,21H,1H3,(H,22,23)/b12-10-. The van der Waals surface area contributed by atoms with Gasteiger partial charge in [0, 0.05) is 27.6 Å². The van der Waals surface area contributed by atoms with Gasteiger partial charge in [0.2, 0.25) is 0 Å². The first-order chi connectivity index (χ1) is 11.0. The molecule has 0 fully saturated rings.